The predicted molar refractivity (Wildman–Crippen MR) is 155 cm³/mol. The average Bonchev–Trinajstić information content (AvgIpc) is 3.03. The summed E-state index contributed by atoms with van der Waals surface area (Å²) in [6.07, 6.45) is 5.59. The lowest BCUT2D eigenvalue weighted by Crippen LogP contribution is -2.41. The molecule has 0 fully saturated rings. The van der Waals surface area contributed by atoms with Crippen molar-refractivity contribution < 1.29 is 25.4 Å². The normalized spacial score (nSPS) is 14.3. The molecule has 0 aromatic carbocycles. The van der Waals surface area contributed by atoms with Crippen LogP contribution in [-0.4, -0.2) is 25.4 Å². The van der Waals surface area contributed by atoms with Crippen molar-refractivity contribution in [1.82, 2.24) is 24.8 Å². The van der Waals surface area contributed by atoms with Gasteiger partial charge in [-0.05, 0) is 63.3 Å². The third-order valence-corrected chi connectivity index (χ3v) is 7.38. The van der Waals surface area contributed by atoms with Gasteiger partial charge in [-0.15, -0.1) is 0 Å². The highest BCUT2D eigenvalue weighted by Crippen LogP contribution is 2.31. The molecule has 0 saturated carbocycles. The maximum absolute atomic E-state index is 14.9. The lowest BCUT2D eigenvalue weighted by Gasteiger charge is -2.26. The second kappa shape index (κ2) is 12.2. The molecular formula is C31H29ClF3N5O3. The van der Waals surface area contributed by atoms with Gasteiger partial charge in [-0.1, -0.05) is 18.0 Å². The van der Waals surface area contributed by atoms with E-state index in [-0.39, 0.29) is 17.4 Å². The maximum atomic E-state index is 14.9. The molecule has 0 saturated heterocycles. The molecule has 8 nitrogen and oxygen atoms in total. The largest absolute Gasteiger partial charge is 0.485 e. The molecule has 0 spiro atoms. The second-order valence-electron chi connectivity index (χ2n) is 10.7. The van der Waals surface area contributed by atoms with E-state index in [1.165, 1.54) is 29.7 Å². The van der Waals surface area contributed by atoms with Crippen LogP contribution in [0.2, 0.25) is 5.02 Å². The van der Waals surface area contributed by atoms with Gasteiger partial charge in [0.05, 0.1) is 31.6 Å². The number of carbonyl (C=O) groups is 1. The van der Waals surface area contributed by atoms with Crippen molar-refractivity contribution in [3.8, 4) is 22.8 Å². The fraction of sp³-hybridized carbons (Fsp3) is 0.323. The van der Waals surface area contributed by atoms with E-state index in [0.717, 1.165) is 18.4 Å². The smallest absolute Gasteiger partial charge is 0.277 e. The van der Waals surface area contributed by atoms with Crippen LogP contribution in [-0.2, 0) is 29.7 Å². The van der Waals surface area contributed by atoms with E-state index < -0.39 is 45.8 Å². The molecule has 0 unspecified atom stereocenters. The summed E-state index contributed by atoms with van der Waals surface area (Å²) in [6.45, 7) is 1.69. The lowest BCUT2D eigenvalue weighted by molar-refractivity contribution is -0.120. The molecule has 0 bridgehead atoms. The summed E-state index contributed by atoms with van der Waals surface area (Å²) < 4.78 is 66.0. The van der Waals surface area contributed by atoms with Gasteiger partial charge < -0.3 is 10.1 Å². The minimum Gasteiger partial charge on any atom is -0.485 e. The predicted octanol–water partition coefficient (Wildman–Crippen LogP) is 5.98. The first-order valence-electron chi connectivity index (χ1n) is 14.6. The number of amides is 1. The van der Waals surface area contributed by atoms with Crippen molar-refractivity contribution in [2.45, 2.75) is 65.0 Å². The zero-order valence-electron chi connectivity index (χ0n) is 25.6. The van der Waals surface area contributed by atoms with Gasteiger partial charge in [0, 0.05) is 30.9 Å². The molecule has 1 aliphatic rings. The molecule has 5 heterocycles. The Morgan fingerprint density at radius 3 is 2.58 bits per heavy atom. The number of halogens is 4. The number of nitrogens with one attached hydrogen (secondary N) is 1. The second-order valence-corrected chi connectivity index (χ2v) is 11.1. The molecule has 0 radical (unpaired) electrons. The summed E-state index contributed by atoms with van der Waals surface area (Å²) in [6, 6.07) is 6.23. The third kappa shape index (κ3) is 6.41. The van der Waals surface area contributed by atoms with Crippen LogP contribution >= 0.6 is 11.6 Å². The highest BCUT2D eigenvalue weighted by Gasteiger charge is 2.28. The van der Waals surface area contributed by atoms with Crippen LogP contribution in [0.15, 0.2) is 47.5 Å². The molecule has 1 N–H and O–H groups in total. The topological polar surface area (TPSA) is 99.0 Å². The van der Waals surface area contributed by atoms with Crippen molar-refractivity contribution >= 4 is 17.5 Å². The zero-order chi connectivity index (χ0) is 32.7. The van der Waals surface area contributed by atoms with Gasteiger partial charge in [-0.25, -0.2) is 18.2 Å². The Hall–Kier alpha value is -4.25. The van der Waals surface area contributed by atoms with Gasteiger partial charge in [-0.2, -0.15) is 0 Å². The number of aromatic nitrogens is 4. The Kier molecular flexibility index (Phi) is 7.80. The van der Waals surface area contributed by atoms with E-state index in [0.29, 0.717) is 54.3 Å². The van der Waals surface area contributed by atoms with Crippen LogP contribution in [0.3, 0.4) is 0 Å². The number of pyridine rings is 4. The van der Waals surface area contributed by atoms with E-state index in [2.05, 4.69) is 20.3 Å². The molecule has 224 valence electrons. The van der Waals surface area contributed by atoms with Crippen LogP contribution in [0, 0.1) is 17.5 Å². The van der Waals surface area contributed by atoms with Crippen molar-refractivity contribution in [3.63, 3.8) is 0 Å². The first-order valence-corrected chi connectivity index (χ1v) is 14.0. The van der Waals surface area contributed by atoms with Gasteiger partial charge in [0.25, 0.3) is 5.56 Å². The van der Waals surface area contributed by atoms with Gasteiger partial charge in [-0.3, -0.25) is 24.1 Å². The van der Waals surface area contributed by atoms with Crippen LogP contribution in [0.5, 0.6) is 5.75 Å². The van der Waals surface area contributed by atoms with Gasteiger partial charge in [0.1, 0.15) is 40.4 Å². The van der Waals surface area contributed by atoms with E-state index in [1.807, 2.05) is 0 Å². The molecule has 1 aliphatic heterocycles. The number of fused-ring (bicyclic) bond motifs is 3. The molecule has 4 aromatic heterocycles. The number of aryl methyl sites for hydroxylation is 2. The van der Waals surface area contributed by atoms with Gasteiger partial charge in [0.15, 0.2) is 5.82 Å². The summed E-state index contributed by atoms with van der Waals surface area (Å²) in [5.74, 6) is -3.55. The zero-order valence-corrected chi connectivity index (χ0v) is 24.4. The van der Waals surface area contributed by atoms with E-state index in [4.69, 9.17) is 19.1 Å². The summed E-state index contributed by atoms with van der Waals surface area (Å²) in [5, 5.41) is 2.22. The average molecular weight is 614 g/mol. The third-order valence-electron chi connectivity index (χ3n) is 7.03. The van der Waals surface area contributed by atoms with Gasteiger partial charge in [0.2, 0.25) is 5.91 Å². The van der Waals surface area contributed by atoms with Gasteiger partial charge >= 0.3 is 0 Å². The van der Waals surface area contributed by atoms with E-state index in [1.54, 1.807) is 26.1 Å². The minimum absolute atomic E-state index is 0.00398. The Morgan fingerprint density at radius 1 is 1.07 bits per heavy atom. The molecular weight excluding hydrogens is 583 g/mol. The van der Waals surface area contributed by atoms with E-state index >= 15 is 0 Å². The first-order chi connectivity index (χ1) is 21.2. The minimum atomic E-state index is -2.89. The number of nitrogens with zero attached hydrogens (tertiary/aromatic N) is 4. The SMILES string of the molecule is [2H]C([2H])(Oc1cc2n(c(=O)c1Cl)-c1cc(-c3ccc(F)c(C(C)(C)NC(C)=O)n3)ncc1CCCCC2)c1ncc(F)cc1F. The summed E-state index contributed by atoms with van der Waals surface area (Å²) >= 11 is 6.47. The monoisotopic (exact) mass is 613 g/mol. The van der Waals surface area contributed by atoms with Crippen molar-refractivity contribution in [3.05, 3.63) is 98.2 Å². The molecule has 5 rings (SSSR count). The molecule has 1 amide bonds. The molecule has 4 aromatic rings. The fourth-order valence-corrected chi connectivity index (χ4v) is 5.24. The van der Waals surface area contributed by atoms with Crippen molar-refractivity contribution in [2.24, 2.45) is 0 Å². The molecule has 43 heavy (non-hydrogen) atoms. The highest BCUT2D eigenvalue weighted by molar-refractivity contribution is 6.31. The van der Waals surface area contributed by atoms with E-state index in [9.17, 15) is 22.8 Å². The molecule has 0 atom stereocenters. The standard InChI is InChI=1S/C31H29ClF3N5O3/c1-17(41)39-31(2,3)29-21(34)9-10-23(38-29)24-13-26-18(14-36-24)7-5-4-6-8-20-12-27(28(32)30(42)40(20)26)43-16-25-22(35)11-19(33)15-37-25/h9-15H,4-8,16H2,1-3H3,(H,39,41)/i16D2. The summed E-state index contributed by atoms with van der Waals surface area (Å²) in [4.78, 5) is 38.1. The maximum Gasteiger partial charge on any atom is 0.277 e. The van der Waals surface area contributed by atoms with Crippen LogP contribution in [0.25, 0.3) is 17.1 Å². The Morgan fingerprint density at radius 2 is 1.84 bits per heavy atom. The highest BCUT2D eigenvalue weighted by atomic mass is 35.5. The Balaban J connectivity index is 1.62. The van der Waals surface area contributed by atoms with Crippen molar-refractivity contribution in [2.75, 3.05) is 0 Å². The van der Waals surface area contributed by atoms with Crippen LogP contribution < -0.4 is 15.6 Å². The first kappa shape index (κ1) is 27.6. The Bertz CT molecular complexity index is 1870. The van der Waals surface area contributed by atoms with Crippen molar-refractivity contribution in [1.29, 1.82) is 0 Å². The fourth-order valence-electron chi connectivity index (χ4n) is 5.06. The lowest BCUT2D eigenvalue weighted by atomic mass is 9.98. The Labute approximate surface area is 253 Å². The van der Waals surface area contributed by atoms with Crippen LogP contribution in [0.4, 0.5) is 13.2 Å². The quantitative estimate of drug-likeness (QED) is 0.287. The number of carbonyl (C=O) groups excluding carboxylic acids is 1. The number of hydrogen-bond donors (Lipinski definition) is 1. The number of rotatable bonds is 6. The molecule has 12 heteroatoms. The number of ether oxygens (including phenoxy) is 1. The summed E-state index contributed by atoms with van der Waals surface area (Å²) in [7, 11) is 0. The number of hydrogen-bond acceptors (Lipinski definition) is 6. The van der Waals surface area contributed by atoms with Crippen LogP contribution in [0.1, 0.15) is 65.4 Å². The summed E-state index contributed by atoms with van der Waals surface area (Å²) in [5.41, 5.74) is -0.373. The molecule has 0 aliphatic carbocycles.